The highest BCUT2D eigenvalue weighted by molar-refractivity contribution is 7.09. The number of nitrogens with zero attached hydrogens (tertiary/aromatic N) is 1. The second-order valence-corrected chi connectivity index (χ2v) is 8.01. The van der Waals surface area contributed by atoms with Gasteiger partial charge in [-0.05, 0) is 39.8 Å². The van der Waals surface area contributed by atoms with Gasteiger partial charge in [0.05, 0.1) is 16.3 Å². The van der Waals surface area contributed by atoms with Crippen LogP contribution in [-0.4, -0.2) is 40.2 Å². The molecule has 1 unspecified atom stereocenters. The van der Waals surface area contributed by atoms with Crippen LogP contribution in [-0.2, 0) is 9.53 Å². The van der Waals surface area contributed by atoms with E-state index in [1.165, 1.54) is 11.3 Å². The van der Waals surface area contributed by atoms with Crippen LogP contribution in [0.3, 0.4) is 0 Å². The molecule has 26 heavy (non-hydrogen) atoms. The summed E-state index contributed by atoms with van der Waals surface area (Å²) in [5, 5.41) is 14.8. The van der Waals surface area contributed by atoms with E-state index in [4.69, 9.17) is 4.74 Å². The van der Waals surface area contributed by atoms with Crippen molar-refractivity contribution in [3.63, 3.8) is 0 Å². The monoisotopic (exact) mass is 376 g/mol. The van der Waals surface area contributed by atoms with Gasteiger partial charge in [-0.1, -0.05) is 12.1 Å². The van der Waals surface area contributed by atoms with Crippen molar-refractivity contribution in [1.82, 2.24) is 10.3 Å². The van der Waals surface area contributed by atoms with Gasteiger partial charge in [-0.15, -0.1) is 11.3 Å². The number of carboxylic acid groups (broad SMARTS) is 1. The third-order valence-electron chi connectivity index (χ3n) is 3.58. The summed E-state index contributed by atoms with van der Waals surface area (Å²) in [6.45, 7) is 7.86. The molecule has 0 aliphatic carbocycles. The van der Waals surface area contributed by atoms with Gasteiger partial charge in [0, 0.05) is 29.5 Å². The van der Waals surface area contributed by atoms with Crippen LogP contribution in [0.1, 0.15) is 42.6 Å². The summed E-state index contributed by atoms with van der Waals surface area (Å²) in [5.74, 6) is -1.51. The Hall–Kier alpha value is -2.25. The summed E-state index contributed by atoms with van der Waals surface area (Å²) in [6.07, 6.45) is 0.198. The van der Waals surface area contributed by atoms with E-state index >= 15 is 0 Å². The highest BCUT2D eigenvalue weighted by Gasteiger charge is 2.22. The van der Waals surface area contributed by atoms with Crippen molar-refractivity contribution >= 4 is 23.2 Å². The summed E-state index contributed by atoms with van der Waals surface area (Å²) in [4.78, 5) is 28.3. The average Bonchev–Trinajstić information content (AvgIpc) is 2.99. The molecule has 0 saturated carbocycles. The largest absolute Gasteiger partial charge is 0.480 e. The molecular weight excluding hydrogens is 352 g/mol. The molecule has 1 aromatic heterocycles. The number of hydrogen-bond acceptors (Lipinski definition) is 5. The fraction of sp³-hybridized carbons (Fsp3) is 0.421. The van der Waals surface area contributed by atoms with Crippen LogP contribution in [0.2, 0.25) is 0 Å². The molecular formula is C19H24N2O4S. The van der Waals surface area contributed by atoms with Gasteiger partial charge in [0.15, 0.2) is 0 Å². The number of benzene rings is 1. The molecule has 0 fully saturated rings. The molecule has 0 bridgehead atoms. The quantitative estimate of drug-likeness (QED) is 0.772. The van der Waals surface area contributed by atoms with Gasteiger partial charge in [-0.25, -0.2) is 9.78 Å². The van der Waals surface area contributed by atoms with E-state index in [0.717, 1.165) is 16.3 Å². The average molecular weight is 376 g/mol. The summed E-state index contributed by atoms with van der Waals surface area (Å²) in [5.41, 5.74) is 1.67. The van der Waals surface area contributed by atoms with E-state index in [2.05, 4.69) is 10.3 Å². The number of carbonyl (C=O) groups excluding carboxylic acids is 1. The number of carboxylic acids is 1. The summed E-state index contributed by atoms with van der Waals surface area (Å²) in [7, 11) is 0. The van der Waals surface area contributed by atoms with Gasteiger partial charge in [0.1, 0.15) is 6.04 Å². The van der Waals surface area contributed by atoms with Crippen molar-refractivity contribution < 1.29 is 19.4 Å². The second-order valence-electron chi connectivity index (χ2n) is 6.95. The van der Waals surface area contributed by atoms with Crippen LogP contribution in [0.5, 0.6) is 0 Å². The lowest BCUT2D eigenvalue weighted by molar-refractivity contribution is -0.140. The highest BCUT2D eigenvalue weighted by atomic mass is 32.1. The van der Waals surface area contributed by atoms with Crippen LogP contribution < -0.4 is 5.32 Å². The first-order chi connectivity index (χ1) is 12.2. The molecule has 140 valence electrons. The van der Waals surface area contributed by atoms with Crippen molar-refractivity contribution in [3.8, 4) is 11.3 Å². The van der Waals surface area contributed by atoms with Gasteiger partial charge in [-0.2, -0.15) is 0 Å². The third-order valence-corrected chi connectivity index (χ3v) is 4.36. The summed E-state index contributed by atoms with van der Waals surface area (Å²) >= 11 is 1.54. The molecule has 1 aromatic carbocycles. The van der Waals surface area contributed by atoms with Gasteiger partial charge < -0.3 is 15.2 Å². The maximum atomic E-state index is 12.5. The SMILES string of the molecule is Cc1nc(-c2cccc(C(=O)NC(CCOC(C)(C)C)C(=O)O)c2)cs1. The Balaban J connectivity index is 2.06. The van der Waals surface area contributed by atoms with E-state index < -0.39 is 17.9 Å². The van der Waals surface area contributed by atoms with Gasteiger partial charge in [0.25, 0.3) is 5.91 Å². The molecule has 2 aromatic rings. The number of thiazole rings is 1. The number of rotatable bonds is 7. The third kappa shape index (κ3) is 5.93. The van der Waals surface area contributed by atoms with Crippen molar-refractivity contribution in [2.24, 2.45) is 0 Å². The maximum absolute atomic E-state index is 12.5. The number of aliphatic carboxylic acids is 1. The molecule has 0 aliphatic rings. The number of amides is 1. The first kappa shape index (κ1) is 20.1. The molecule has 1 atom stereocenters. The maximum Gasteiger partial charge on any atom is 0.326 e. The number of aryl methyl sites for hydroxylation is 1. The van der Waals surface area contributed by atoms with Gasteiger partial charge in [-0.3, -0.25) is 4.79 Å². The van der Waals surface area contributed by atoms with Crippen molar-refractivity contribution in [3.05, 3.63) is 40.2 Å². The minimum atomic E-state index is -1.08. The van der Waals surface area contributed by atoms with E-state index in [0.29, 0.717) is 5.56 Å². The molecule has 1 heterocycles. The zero-order valence-electron chi connectivity index (χ0n) is 15.4. The van der Waals surface area contributed by atoms with Crippen LogP contribution in [0.4, 0.5) is 0 Å². The zero-order valence-corrected chi connectivity index (χ0v) is 16.2. The number of aromatic nitrogens is 1. The Morgan fingerprint density at radius 1 is 1.35 bits per heavy atom. The van der Waals surface area contributed by atoms with Crippen LogP contribution in [0, 0.1) is 6.92 Å². The Morgan fingerprint density at radius 2 is 2.08 bits per heavy atom. The van der Waals surface area contributed by atoms with E-state index in [-0.39, 0.29) is 18.6 Å². The van der Waals surface area contributed by atoms with E-state index in [1.807, 2.05) is 39.1 Å². The molecule has 0 spiro atoms. The van der Waals surface area contributed by atoms with Gasteiger partial charge >= 0.3 is 5.97 Å². The normalized spacial score (nSPS) is 12.6. The smallest absolute Gasteiger partial charge is 0.326 e. The standard InChI is InChI=1S/C19H24N2O4S/c1-12-20-16(11-26-12)13-6-5-7-14(10-13)17(22)21-15(18(23)24)8-9-25-19(2,3)4/h5-7,10-11,15H,8-9H2,1-4H3,(H,21,22)(H,23,24). The lowest BCUT2D eigenvalue weighted by Gasteiger charge is -2.21. The molecule has 1 amide bonds. The number of ether oxygens (including phenoxy) is 1. The van der Waals surface area contributed by atoms with Crippen LogP contribution in [0.15, 0.2) is 29.6 Å². The topological polar surface area (TPSA) is 88.5 Å². The zero-order chi connectivity index (χ0) is 19.3. The molecule has 2 rings (SSSR count). The van der Waals surface area contributed by atoms with Crippen molar-refractivity contribution in [2.45, 2.75) is 45.8 Å². The minimum Gasteiger partial charge on any atom is -0.480 e. The predicted octanol–water partition coefficient (Wildman–Crippen LogP) is 3.51. The summed E-state index contributed by atoms with van der Waals surface area (Å²) < 4.78 is 5.55. The van der Waals surface area contributed by atoms with Gasteiger partial charge in [0.2, 0.25) is 0 Å². The Labute approximate surface area is 157 Å². The number of carbonyl (C=O) groups is 2. The number of nitrogens with one attached hydrogen (secondary N) is 1. The molecule has 7 heteroatoms. The van der Waals surface area contributed by atoms with E-state index in [1.54, 1.807) is 18.2 Å². The fourth-order valence-electron chi connectivity index (χ4n) is 2.30. The Kier molecular flexibility index (Phi) is 6.50. The van der Waals surface area contributed by atoms with Crippen LogP contribution in [0.25, 0.3) is 11.3 Å². The molecule has 2 N–H and O–H groups in total. The van der Waals surface area contributed by atoms with Crippen molar-refractivity contribution in [2.75, 3.05) is 6.61 Å². The number of hydrogen-bond donors (Lipinski definition) is 2. The van der Waals surface area contributed by atoms with E-state index in [9.17, 15) is 14.7 Å². The summed E-state index contributed by atoms with van der Waals surface area (Å²) in [6, 6.07) is 6.00. The first-order valence-electron chi connectivity index (χ1n) is 8.36. The minimum absolute atomic E-state index is 0.198. The Bertz CT molecular complexity index is 780. The van der Waals surface area contributed by atoms with Crippen molar-refractivity contribution in [1.29, 1.82) is 0 Å². The fourth-order valence-corrected chi connectivity index (χ4v) is 2.92. The highest BCUT2D eigenvalue weighted by Crippen LogP contribution is 2.22. The lowest BCUT2D eigenvalue weighted by atomic mass is 10.1. The molecule has 0 saturated heterocycles. The molecule has 0 aliphatic heterocycles. The first-order valence-corrected chi connectivity index (χ1v) is 9.24. The second kappa shape index (κ2) is 8.42. The molecule has 0 radical (unpaired) electrons. The Morgan fingerprint density at radius 3 is 2.65 bits per heavy atom. The lowest BCUT2D eigenvalue weighted by Crippen LogP contribution is -2.42. The predicted molar refractivity (Wildman–Crippen MR) is 101 cm³/mol. The molecule has 6 nitrogen and oxygen atoms in total. The van der Waals surface area contributed by atoms with Crippen LogP contribution >= 0.6 is 11.3 Å².